The van der Waals surface area contributed by atoms with Crippen molar-refractivity contribution in [3.05, 3.63) is 0 Å². The molecule has 0 radical (unpaired) electrons. The smallest absolute Gasteiger partial charge is 0.0307 e. The summed E-state index contributed by atoms with van der Waals surface area (Å²) in [6.45, 7) is 3.76. The monoisotopic (exact) mass is 293 g/mol. The molecule has 0 N–H and O–H groups in total. The highest BCUT2D eigenvalue weighted by atomic mass is 127. The number of halogens is 1. The highest BCUT2D eigenvalue weighted by molar-refractivity contribution is 14.1. The average Bonchev–Trinajstić information content (AvgIpc) is 2.48. The zero-order valence-corrected chi connectivity index (χ0v) is 10.7. The van der Waals surface area contributed by atoms with Gasteiger partial charge in [0.1, 0.15) is 0 Å². The molecule has 1 aliphatic carbocycles. The lowest BCUT2D eigenvalue weighted by atomic mass is 9.86. The number of rotatable bonds is 0. The zero-order chi connectivity index (χ0) is 9.31. The minimum Gasteiger partial charge on any atom is -0.241 e. The van der Waals surface area contributed by atoms with Crippen molar-refractivity contribution >= 4 is 22.9 Å². The molecule has 2 rings (SSSR count). The van der Waals surface area contributed by atoms with E-state index in [1.807, 2.05) is 0 Å². The van der Waals surface area contributed by atoms with Crippen LogP contribution in [0.4, 0.5) is 0 Å². The molecule has 0 aromatic heterocycles. The summed E-state index contributed by atoms with van der Waals surface area (Å²) in [5, 5.41) is 0. The maximum absolute atomic E-state index is 2.64. The van der Waals surface area contributed by atoms with Crippen LogP contribution in [0.2, 0.25) is 0 Å². The van der Waals surface area contributed by atoms with E-state index in [1.165, 1.54) is 51.5 Å². The lowest BCUT2D eigenvalue weighted by Gasteiger charge is -2.36. The molecule has 1 heterocycles. The molecule has 0 unspecified atom stereocenters. The fraction of sp³-hybridized carbons (Fsp3) is 1.00. The van der Waals surface area contributed by atoms with Gasteiger partial charge in [0.2, 0.25) is 0 Å². The van der Waals surface area contributed by atoms with Crippen LogP contribution >= 0.6 is 22.9 Å². The van der Waals surface area contributed by atoms with Gasteiger partial charge in [-0.3, -0.25) is 0 Å². The van der Waals surface area contributed by atoms with Crippen molar-refractivity contribution in [1.29, 1.82) is 0 Å². The Labute approximate surface area is 95.8 Å². The van der Waals surface area contributed by atoms with Crippen LogP contribution in [-0.2, 0) is 0 Å². The van der Waals surface area contributed by atoms with Crippen molar-refractivity contribution < 1.29 is 0 Å². The van der Waals surface area contributed by atoms with Crippen LogP contribution in [0.25, 0.3) is 0 Å². The molecular formula is C11H20IN. The predicted molar refractivity (Wildman–Crippen MR) is 64.9 cm³/mol. The third-order valence-corrected chi connectivity index (χ3v) is 5.33. The molecule has 76 valence electrons. The van der Waals surface area contributed by atoms with Crippen molar-refractivity contribution in [2.24, 2.45) is 5.92 Å². The van der Waals surface area contributed by atoms with Crippen molar-refractivity contribution in [1.82, 2.24) is 3.11 Å². The van der Waals surface area contributed by atoms with Crippen molar-refractivity contribution in [3.63, 3.8) is 0 Å². The first-order valence-corrected chi connectivity index (χ1v) is 6.63. The van der Waals surface area contributed by atoms with Gasteiger partial charge in [-0.15, -0.1) is 0 Å². The number of nitrogens with zero attached hydrogens (tertiary/aromatic N) is 1. The van der Waals surface area contributed by atoms with Gasteiger partial charge in [0.05, 0.1) is 0 Å². The summed E-state index contributed by atoms with van der Waals surface area (Å²) < 4.78 is 2.64. The summed E-state index contributed by atoms with van der Waals surface area (Å²) >= 11 is 2.58. The molecule has 2 heteroatoms. The SMILES string of the molecule is C[C@H]1CCCN(I)C2(CCCC2)C1. The normalized spacial score (nSPS) is 35.1. The Morgan fingerprint density at radius 3 is 2.62 bits per heavy atom. The number of hydrogen-bond donors (Lipinski definition) is 0. The van der Waals surface area contributed by atoms with Gasteiger partial charge in [0.25, 0.3) is 0 Å². The Morgan fingerprint density at radius 1 is 1.23 bits per heavy atom. The van der Waals surface area contributed by atoms with Gasteiger partial charge in [-0.2, -0.15) is 0 Å². The van der Waals surface area contributed by atoms with Crippen LogP contribution in [0.15, 0.2) is 0 Å². The molecule has 1 atom stereocenters. The Morgan fingerprint density at radius 2 is 1.92 bits per heavy atom. The average molecular weight is 293 g/mol. The van der Waals surface area contributed by atoms with Crippen molar-refractivity contribution in [2.75, 3.05) is 6.54 Å². The Kier molecular flexibility index (Phi) is 3.18. The van der Waals surface area contributed by atoms with E-state index in [1.54, 1.807) is 0 Å². The summed E-state index contributed by atoms with van der Waals surface area (Å²) in [7, 11) is 0. The summed E-state index contributed by atoms with van der Waals surface area (Å²) in [6, 6.07) is 0. The first kappa shape index (κ1) is 10.2. The van der Waals surface area contributed by atoms with Crippen LogP contribution in [0, 0.1) is 5.92 Å². The fourth-order valence-corrected chi connectivity index (χ4v) is 4.17. The molecule has 1 spiro atoms. The van der Waals surface area contributed by atoms with E-state index in [9.17, 15) is 0 Å². The molecule has 0 amide bonds. The van der Waals surface area contributed by atoms with Crippen LogP contribution in [0.1, 0.15) is 51.9 Å². The molecule has 1 saturated heterocycles. The van der Waals surface area contributed by atoms with Gasteiger partial charge in [-0.25, -0.2) is 3.11 Å². The topological polar surface area (TPSA) is 3.24 Å². The van der Waals surface area contributed by atoms with Gasteiger partial charge in [-0.05, 0) is 38.0 Å². The predicted octanol–water partition coefficient (Wildman–Crippen LogP) is 3.77. The Balaban J connectivity index is 2.11. The van der Waals surface area contributed by atoms with E-state index < -0.39 is 0 Å². The molecule has 0 aromatic carbocycles. The second-order valence-corrected chi connectivity index (χ2v) is 6.13. The molecule has 1 saturated carbocycles. The van der Waals surface area contributed by atoms with E-state index in [0.29, 0.717) is 5.54 Å². The summed E-state index contributed by atoms with van der Waals surface area (Å²) in [6.07, 6.45) is 10.2. The van der Waals surface area contributed by atoms with Gasteiger partial charge in [0.15, 0.2) is 0 Å². The molecule has 1 aliphatic heterocycles. The van der Waals surface area contributed by atoms with Gasteiger partial charge < -0.3 is 0 Å². The van der Waals surface area contributed by atoms with E-state index in [2.05, 4.69) is 32.9 Å². The van der Waals surface area contributed by atoms with Crippen LogP contribution in [0.5, 0.6) is 0 Å². The zero-order valence-electron chi connectivity index (χ0n) is 8.56. The standard InChI is InChI=1S/C11H20IN/c1-10-5-4-8-13(12)11(9-10)6-2-3-7-11/h10H,2-9H2,1H3/t10-/m0/s1. The van der Waals surface area contributed by atoms with Gasteiger partial charge in [0, 0.05) is 34.9 Å². The summed E-state index contributed by atoms with van der Waals surface area (Å²) in [4.78, 5) is 0. The second kappa shape index (κ2) is 4.05. The first-order chi connectivity index (χ1) is 6.23. The third-order valence-electron chi connectivity index (χ3n) is 3.83. The quantitative estimate of drug-likeness (QED) is 0.485. The molecule has 0 bridgehead atoms. The van der Waals surface area contributed by atoms with Crippen molar-refractivity contribution in [2.45, 2.75) is 57.4 Å². The lowest BCUT2D eigenvalue weighted by molar-refractivity contribution is 0.210. The van der Waals surface area contributed by atoms with E-state index in [4.69, 9.17) is 0 Å². The summed E-state index contributed by atoms with van der Waals surface area (Å²) in [5.41, 5.74) is 0.608. The van der Waals surface area contributed by atoms with E-state index in [0.717, 1.165) is 5.92 Å². The molecule has 1 nitrogen and oxygen atoms in total. The lowest BCUT2D eigenvalue weighted by Crippen LogP contribution is -2.40. The molecular weight excluding hydrogens is 273 g/mol. The summed E-state index contributed by atoms with van der Waals surface area (Å²) in [5.74, 6) is 0.956. The molecule has 2 aliphatic rings. The van der Waals surface area contributed by atoms with Gasteiger partial charge in [-0.1, -0.05) is 19.8 Å². The molecule has 0 aromatic rings. The van der Waals surface area contributed by atoms with E-state index >= 15 is 0 Å². The number of hydrogen-bond acceptors (Lipinski definition) is 1. The second-order valence-electron chi connectivity index (χ2n) is 4.97. The first-order valence-electron chi connectivity index (χ1n) is 5.66. The highest BCUT2D eigenvalue weighted by Crippen LogP contribution is 2.44. The minimum atomic E-state index is 0.608. The fourth-order valence-electron chi connectivity index (χ4n) is 3.15. The largest absolute Gasteiger partial charge is 0.241 e. The maximum atomic E-state index is 2.64. The highest BCUT2D eigenvalue weighted by Gasteiger charge is 2.40. The Hall–Kier alpha value is 0.690. The van der Waals surface area contributed by atoms with Crippen molar-refractivity contribution in [3.8, 4) is 0 Å². The van der Waals surface area contributed by atoms with E-state index in [-0.39, 0.29) is 0 Å². The van der Waals surface area contributed by atoms with Crippen LogP contribution < -0.4 is 0 Å². The van der Waals surface area contributed by atoms with Crippen LogP contribution in [-0.4, -0.2) is 15.2 Å². The van der Waals surface area contributed by atoms with Gasteiger partial charge >= 0.3 is 0 Å². The minimum absolute atomic E-state index is 0.608. The molecule has 2 fully saturated rings. The maximum Gasteiger partial charge on any atom is 0.0307 e. The molecule has 13 heavy (non-hydrogen) atoms. The Bertz CT molecular complexity index is 175. The van der Waals surface area contributed by atoms with Crippen LogP contribution in [0.3, 0.4) is 0 Å². The third kappa shape index (κ3) is 2.04.